The summed E-state index contributed by atoms with van der Waals surface area (Å²) in [5, 5.41) is 0. The number of methoxy groups -OCH3 is 2. The Morgan fingerprint density at radius 3 is 2.14 bits per heavy atom. The molecule has 2 rings (SSSR count). The number of carbonyl (C=O) groups excluding carboxylic acids is 1. The van der Waals surface area contributed by atoms with Crippen molar-refractivity contribution in [3.05, 3.63) is 23.8 Å². The van der Waals surface area contributed by atoms with E-state index in [4.69, 9.17) is 9.47 Å². The molecule has 1 aromatic carbocycles. The van der Waals surface area contributed by atoms with E-state index in [1.165, 1.54) is 26.6 Å². The number of carbonyl (C=O) groups is 1. The quantitative estimate of drug-likeness (QED) is 0.565. The number of rotatable bonds is 10. The summed E-state index contributed by atoms with van der Waals surface area (Å²) in [7, 11) is 2.50. The molecule has 0 aliphatic carbocycles. The average Bonchev–Trinajstić information content (AvgIpc) is 2.73. The van der Waals surface area contributed by atoms with Crippen molar-refractivity contribution in [2.75, 3.05) is 72.6 Å². The molecule has 0 spiro atoms. The second-order valence-corrected chi connectivity index (χ2v) is 9.44. The van der Waals surface area contributed by atoms with Gasteiger partial charge in [-0.05, 0) is 37.5 Å². The Hall–Kier alpha value is -1.68. The molecular weight excluding hydrogens is 394 g/mol. The fraction of sp³-hybridized carbons (Fsp3) is 0.650. The maximum absolute atomic E-state index is 13.4. The summed E-state index contributed by atoms with van der Waals surface area (Å²) in [6.45, 7) is 3.31. The van der Waals surface area contributed by atoms with Gasteiger partial charge in [-0.1, -0.05) is 0 Å². The fourth-order valence-corrected chi connectivity index (χ4v) is 4.28. The van der Waals surface area contributed by atoms with Gasteiger partial charge in [-0.3, -0.25) is 4.79 Å². The van der Waals surface area contributed by atoms with Gasteiger partial charge in [0.2, 0.25) is 10.0 Å². The molecule has 8 nitrogen and oxygen atoms in total. The number of benzene rings is 1. The number of piperidine rings is 1. The maximum atomic E-state index is 13.4. The largest absolute Gasteiger partial charge is 0.383 e. The standard InChI is InChI=1S/C20H33N3O5S/c1-21(2)29(25,26)17-8-9-19(22-10-6-5-7-11-22)18(16-17)20(24)23(12-14-27-3)13-15-28-4/h8-9,16H,5-7,10-15H2,1-4H3. The zero-order valence-electron chi connectivity index (χ0n) is 17.9. The minimum Gasteiger partial charge on any atom is -0.383 e. The highest BCUT2D eigenvalue weighted by molar-refractivity contribution is 7.89. The number of amides is 1. The Morgan fingerprint density at radius 2 is 1.62 bits per heavy atom. The van der Waals surface area contributed by atoms with E-state index in [-0.39, 0.29) is 10.8 Å². The zero-order valence-corrected chi connectivity index (χ0v) is 18.7. The van der Waals surface area contributed by atoms with Gasteiger partial charge < -0.3 is 19.3 Å². The van der Waals surface area contributed by atoms with E-state index in [0.29, 0.717) is 31.9 Å². The SMILES string of the molecule is COCCN(CCOC)C(=O)c1cc(S(=O)(=O)N(C)C)ccc1N1CCCCC1. The molecule has 164 valence electrons. The molecule has 0 aromatic heterocycles. The van der Waals surface area contributed by atoms with Crippen LogP contribution < -0.4 is 4.90 Å². The number of hydrogen-bond acceptors (Lipinski definition) is 6. The van der Waals surface area contributed by atoms with Crippen LogP contribution in [0.3, 0.4) is 0 Å². The summed E-state index contributed by atoms with van der Waals surface area (Å²) in [5.74, 6) is -0.213. The Labute approximate surface area is 174 Å². The van der Waals surface area contributed by atoms with Crippen molar-refractivity contribution in [1.29, 1.82) is 0 Å². The highest BCUT2D eigenvalue weighted by Crippen LogP contribution is 2.29. The van der Waals surface area contributed by atoms with Gasteiger partial charge in [0.05, 0.1) is 23.7 Å². The molecule has 1 aliphatic heterocycles. The van der Waals surface area contributed by atoms with Gasteiger partial charge in [-0.2, -0.15) is 0 Å². The van der Waals surface area contributed by atoms with Crippen LogP contribution in [-0.4, -0.2) is 91.2 Å². The van der Waals surface area contributed by atoms with Crippen molar-refractivity contribution in [2.45, 2.75) is 24.2 Å². The lowest BCUT2D eigenvalue weighted by molar-refractivity contribution is 0.0627. The molecule has 1 fully saturated rings. The third-order valence-electron chi connectivity index (χ3n) is 5.09. The summed E-state index contributed by atoms with van der Waals surface area (Å²) in [4.78, 5) is 17.4. The molecule has 9 heteroatoms. The number of anilines is 1. The fourth-order valence-electron chi connectivity index (χ4n) is 3.36. The van der Waals surface area contributed by atoms with E-state index in [0.717, 1.165) is 35.9 Å². The van der Waals surface area contributed by atoms with Gasteiger partial charge in [0.15, 0.2) is 0 Å². The molecule has 0 unspecified atom stereocenters. The van der Waals surface area contributed by atoms with Crippen LogP contribution in [0.2, 0.25) is 0 Å². The number of ether oxygens (including phenoxy) is 2. The molecule has 0 N–H and O–H groups in total. The van der Waals surface area contributed by atoms with Gasteiger partial charge in [-0.25, -0.2) is 12.7 Å². The van der Waals surface area contributed by atoms with E-state index < -0.39 is 10.0 Å². The first kappa shape index (κ1) is 23.6. The minimum absolute atomic E-state index is 0.116. The molecule has 29 heavy (non-hydrogen) atoms. The third-order valence-corrected chi connectivity index (χ3v) is 6.90. The lowest BCUT2D eigenvalue weighted by atomic mass is 10.1. The zero-order chi connectivity index (χ0) is 21.4. The predicted molar refractivity (Wildman–Crippen MR) is 113 cm³/mol. The van der Waals surface area contributed by atoms with Crippen LogP contribution in [0.4, 0.5) is 5.69 Å². The third kappa shape index (κ3) is 5.91. The predicted octanol–water partition coefficient (Wildman–Crippen LogP) is 1.66. The molecule has 0 bridgehead atoms. The van der Waals surface area contributed by atoms with Crippen LogP contribution in [0.1, 0.15) is 29.6 Å². The van der Waals surface area contributed by atoms with E-state index in [2.05, 4.69) is 4.90 Å². The average molecular weight is 428 g/mol. The molecule has 1 aromatic rings. The minimum atomic E-state index is -3.65. The van der Waals surface area contributed by atoms with Crippen LogP contribution in [0, 0.1) is 0 Å². The summed E-state index contributed by atoms with van der Waals surface area (Å²) >= 11 is 0. The Kier molecular flexibility index (Phi) is 8.88. The van der Waals surface area contributed by atoms with E-state index in [9.17, 15) is 13.2 Å². The molecule has 1 heterocycles. The summed E-state index contributed by atoms with van der Waals surface area (Å²) in [5.41, 5.74) is 1.19. The van der Waals surface area contributed by atoms with Crippen molar-refractivity contribution in [2.24, 2.45) is 0 Å². The Morgan fingerprint density at radius 1 is 1.03 bits per heavy atom. The highest BCUT2D eigenvalue weighted by atomic mass is 32.2. The molecule has 0 radical (unpaired) electrons. The first-order valence-corrected chi connectivity index (χ1v) is 11.4. The maximum Gasteiger partial charge on any atom is 0.256 e. The highest BCUT2D eigenvalue weighted by Gasteiger charge is 2.26. The Balaban J connectivity index is 2.48. The monoisotopic (exact) mass is 427 g/mol. The molecule has 1 aliphatic rings. The Bertz CT molecular complexity index is 768. The van der Waals surface area contributed by atoms with Crippen LogP contribution in [0.5, 0.6) is 0 Å². The first-order valence-electron chi connectivity index (χ1n) is 9.91. The molecular formula is C20H33N3O5S. The van der Waals surface area contributed by atoms with Crippen LogP contribution in [-0.2, 0) is 19.5 Å². The second-order valence-electron chi connectivity index (χ2n) is 7.29. The normalized spacial score (nSPS) is 15.0. The lowest BCUT2D eigenvalue weighted by Crippen LogP contribution is -2.38. The van der Waals surface area contributed by atoms with E-state index >= 15 is 0 Å². The van der Waals surface area contributed by atoms with Crippen molar-refractivity contribution < 1.29 is 22.7 Å². The van der Waals surface area contributed by atoms with Gasteiger partial charge in [0.1, 0.15) is 0 Å². The lowest BCUT2D eigenvalue weighted by Gasteiger charge is -2.32. The molecule has 0 atom stereocenters. The van der Waals surface area contributed by atoms with E-state index in [1.54, 1.807) is 31.3 Å². The summed E-state index contributed by atoms with van der Waals surface area (Å²) in [6, 6.07) is 4.86. The summed E-state index contributed by atoms with van der Waals surface area (Å²) < 4.78 is 36.8. The summed E-state index contributed by atoms with van der Waals surface area (Å²) in [6.07, 6.45) is 3.28. The number of sulfonamides is 1. The van der Waals surface area contributed by atoms with Gasteiger partial charge in [-0.15, -0.1) is 0 Å². The van der Waals surface area contributed by atoms with Gasteiger partial charge >= 0.3 is 0 Å². The molecule has 1 saturated heterocycles. The van der Waals surface area contributed by atoms with Crippen molar-refractivity contribution in [3.63, 3.8) is 0 Å². The van der Waals surface area contributed by atoms with Crippen molar-refractivity contribution >= 4 is 21.6 Å². The van der Waals surface area contributed by atoms with Crippen LogP contribution >= 0.6 is 0 Å². The van der Waals surface area contributed by atoms with E-state index in [1.807, 2.05) is 0 Å². The first-order chi connectivity index (χ1) is 13.8. The molecule has 1 amide bonds. The van der Waals surface area contributed by atoms with Gasteiger partial charge in [0, 0.05) is 60.2 Å². The van der Waals surface area contributed by atoms with Gasteiger partial charge in [0.25, 0.3) is 5.91 Å². The molecule has 0 saturated carbocycles. The second kappa shape index (κ2) is 10.9. The number of nitrogens with zero attached hydrogens (tertiary/aromatic N) is 3. The van der Waals surface area contributed by atoms with Crippen LogP contribution in [0.25, 0.3) is 0 Å². The number of hydrogen-bond donors (Lipinski definition) is 0. The van der Waals surface area contributed by atoms with Crippen molar-refractivity contribution in [3.8, 4) is 0 Å². The topological polar surface area (TPSA) is 79.4 Å². The van der Waals surface area contributed by atoms with Crippen molar-refractivity contribution in [1.82, 2.24) is 9.21 Å². The smallest absolute Gasteiger partial charge is 0.256 e. The van der Waals surface area contributed by atoms with Crippen LogP contribution in [0.15, 0.2) is 23.1 Å².